The predicted octanol–water partition coefficient (Wildman–Crippen LogP) is 12.6. The van der Waals surface area contributed by atoms with Crippen molar-refractivity contribution in [2.75, 3.05) is 0 Å². The lowest BCUT2D eigenvalue weighted by Gasteiger charge is -2.39. The molecule has 11 rings (SSSR count). The van der Waals surface area contributed by atoms with Gasteiger partial charge in [-0.3, -0.25) is 0 Å². The predicted molar refractivity (Wildman–Crippen MR) is 223 cm³/mol. The lowest BCUT2D eigenvalue weighted by atomic mass is 9.65. The van der Waals surface area contributed by atoms with E-state index < -0.39 is 5.41 Å². The van der Waals surface area contributed by atoms with Crippen molar-refractivity contribution < 1.29 is 4.74 Å². The molecule has 8 aromatic carbocycles. The van der Waals surface area contributed by atoms with Crippen molar-refractivity contribution in [3.05, 3.63) is 216 Å². The molecule has 4 nitrogen and oxygen atoms in total. The Bertz CT molecular complexity index is 3040. The molecule has 0 saturated heterocycles. The van der Waals surface area contributed by atoms with Crippen molar-refractivity contribution in [2.45, 2.75) is 5.41 Å². The maximum atomic E-state index is 10.0. The van der Waals surface area contributed by atoms with E-state index in [2.05, 4.69) is 152 Å². The van der Waals surface area contributed by atoms with Gasteiger partial charge in [-0.2, -0.15) is 5.26 Å². The van der Waals surface area contributed by atoms with Crippen molar-refractivity contribution in [3.8, 4) is 73.7 Å². The lowest BCUT2D eigenvalue weighted by Crippen LogP contribution is -2.32. The fourth-order valence-corrected chi connectivity index (χ4v) is 8.88. The highest BCUT2D eigenvalue weighted by Gasteiger charge is 2.51. The van der Waals surface area contributed by atoms with Crippen LogP contribution in [0.2, 0.25) is 0 Å². The number of aromatic nitrogens is 2. The van der Waals surface area contributed by atoms with Gasteiger partial charge in [0.2, 0.25) is 0 Å². The Balaban J connectivity index is 1.14. The monoisotopic (exact) mass is 713 g/mol. The molecule has 260 valence electrons. The maximum absolute atomic E-state index is 10.0. The Morgan fingerprint density at radius 3 is 1.64 bits per heavy atom. The van der Waals surface area contributed by atoms with E-state index in [0.717, 1.165) is 67.2 Å². The zero-order valence-electron chi connectivity index (χ0n) is 30.1. The third kappa shape index (κ3) is 4.78. The van der Waals surface area contributed by atoms with Crippen LogP contribution in [0.5, 0.6) is 11.5 Å². The Morgan fingerprint density at radius 2 is 0.946 bits per heavy atom. The minimum Gasteiger partial charge on any atom is -0.457 e. The molecule has 2 heterocycles. The minimum atomic E-state index is -0.626. The number of hydrogen-bond donors (Lipinski definition) is 0. The summed E-state index contributed by atoms with van der Waals surface area (Å²) >= 11 is 0. The van der Waals surface area contributed by atoms with Gasteiger partial charge in [0, 0.05) is 27.8 Å². The third-order valence-electron chi connectivity index (χ3n) is 11.4. The molecule has 9 aromatic rings. The van der Waals surface area contributed by atoms with Crippen molar-refractivity contribution >= 4 is 10.8 Å². The summed E-state index contributed by atoms with van der Waals surface area (Å²) in [6.07, 6.45) is 0. The number of nitriles is 1. The highest BCUT2D eigenvalue weighted by Crippen LogP contribution is 2.62. The minimum absolute atomic E-state index is 0.623. The van der Waals surface area contributed by atoms with Gasteiger partial charge < -0.3 is 4.74 Å². The van der Waals surface area contributed by atoms with Crippen LogP contribution >= 0.6 is 0 Å². The summed E-state index contributed by atoms with van der Waals surface area (Å²) in [7, 11) is 0. The van der Waals surface area contributed by atoms with Crippen LogP contribution in [0.3, 0.4) is 0 Å². The zero-order valence-corrected chi connectivity index (χ0v) is 30.1. The van der Waals surface area contributed by atoms with E-state index in [1.165, 1.54) is 27.6 Å². The molecule has 0 N–H and O–H groups in total. The van der Waals surface area contributed by atoms with Crippen molar-refractivity contribution in [3.63, 3.8) is 0 Å². The SMILES string of the molecule is N#Cc1ccccc1-c1ccc2c(c1)Oc1cc(-c3cc(-c4ccc5ccccc5c4)nc(-c4ccccc4)n3)ccc1C21c2ccccc2-c2ccccc21. The van der Waals surface area contributed by atoms with Crippen LogP contribution < -0.4 is 4.74 Å². The standard InChI is InChI=1S/C52H31N3O/c53-32-39-16-6-7-17-40(39)36-24-26-45-49(29-36)56-50-30-38(25-27-46(50)52(45)43-20-10-8-18-41(43)42-19-9-11-21-44(42)52)48-31-47(54-51(55-48)34-13-2-1-3-14-34)37-23-22-33-12-4-5-15-35(33)28-37/h1-31H. The van der Waals surface area contributed by atoms with E-state index in [4.69, 9.17) is 14.7 Å². The van der Waals surface area contributed by atoms with Gasteiger partial charge in [0.15, 0.2) is 5.82 Å². The first-order valence-electron chi connectivity index (χ1n) is 18.8. The van der Waals surface area contributed by atoms with Crippen LogP contribution in [-0.4, -0.2) is 9.97 Å². The van der Waals surface area contributed by atoms with E-state index in [1.807, 2.05) is 42.5 Å². The molecule has 1 aliphatic heterocycles. The smallest absolute Gasteiger partial charge is 0.160 e. The fraction of sp³-hybridized carbons (Fsp3) is 0.0192. The first kappa shape index (κ1) is 31.9. The largest absolute Gasteiger partial charge is 0.457 e. The molecular weight excluding hydrogens is 683 g/mol. The third-order valence-corrected chi connectivity index (χ3v) is 11.4. The molecule has 0 atom stereocenters. The van der Waals surface area contributed by atoms with Gasteiger partial charge in [-0.1, -0.05) is 158 Å². The van der Waals surface area contributed by atoms with Gasteiger partial charge in [0.1, 0.15) is 11.5 Å². The van der Waals surface area contributed by atoms with Gasteiger partial charge in [-0.05, 0) is 74.5 Å². The zero-order chi connectivity index (χ0) is 37.2. The summed E-state index contributed by atoms with van der Waals surface area (Å²) in [4.78, 5) is 10.3. The average Bonchev–Trinajstić information content (AvgIpc) is 3.56. The topological polar surface area (TPSA) is 58.8 Å². The molecule has 0 amide bonds. The fourth-order valence-electron chi connectivity index (χ4n) is 8.88. The molecule has 56 heavy (non-hydrogen) atoms. The Morgan fingerprint density at radius 1 is 0.411 bits per heavy atom. The lowest BCUT2D eigenvalue weighted by molar-refractivity contribution is 0.437. The molecule has 1 spiro atoms. The number of ether oxygens (including phenoxy) is 1. The summed E-state index contributed by atoms with van der Waals surface area (Å²) in [6, 6.07) is 67.7. The summed E-state index contributed by atoms with van der Waals surface area (Å²) in [5.41, 5.74) is 13.4. The van der Waals surface area contributed by atoms with Gasteiger partial charge in [-0.15, -0.1) is 0 Å². The van der Waals surface area contributed by atoms with Crippen LogP contribution in [0.25, 0.3) is 66.9 Å². The van der Waals surface area contributed by atoms with Crippen molar-refractivity contribution in [2.24, 2.45) is 0 Å². The van der Waals surface area contributed by atoms with E-state index in [1.54, 1.807) is 0 Å². The summed E-state index contributed by atoms with van der Waals surface area (Å²) in [5.74, 6) is 2.18. The van der Waals surface area contributed by atoms with Crippen LogP contribution in [0.1, 0.15) is 27.8 Å². The first-order chi connectivity index (χ1) is 27.7. The Hall–Kier alpha value is -7.61. The van der Waals surface area contributed by atoms with E-state index >= 15 is 0 Å². The summed E-state index contributed by atoms with van der Waals surface area (Å²) < 4.78 is 7.04. The molecule has 4 heteroatoms. The van der Waals surface area contributed by atoms with E-state index in [-0.39, 0.29) is 0 Å². The van der Waals surface area contributed by atoms with E-state index in [9.17, 15) is 5.26 Å². The molecule has 0 bridgehead atoms. The number of hydrogen-bond acceptors (Lipinski definition) is 4. The molecule has 0 radical (unpaired) electrons. The van der Waals surface area contributed by atoms with Crippen molar-refractivity contribution in [1.82, 2.24) is 9.97 Å². The van der Waals surface area contributed by atoms with Crippen LogP contribution in [0.15, 0.2) is 188 Å². The summed E-state index contributed by atoms with van der Waals surface area (Å²) in [5, 5.41) is 12.4. The second kappa shape index (κ2) is 12.5. The maximum Gasteiger partial charge on any atom is 0.160 e. The van der Waals surface area contributed by atoms with E-state index in [0.29, 0.717) is 11.4 Å². The van der Waals surface area contributed by atoms with Gasteiger partial charge >= 0.3 is 0 Å². The highest BCUT2D eigenvalue weighted by molar-refractivity contribution is 5.90. The molecule has 1 aliphatic carbocycles. The second-order valence-corrected chi connectivity index (χ2v) is 14.4. The normalized spacial score (nSPS) is 12.9. The number of benzene rings is 8. The van der Waals surface area contributed by atoms with Crippen LogP contribution in [-0.2, 0) is 5.41 Å². The molecule has 1 aromatic heterocycles. The molecule has 0 unspecified atom stereocenters. The summed E-state index contributed by atoms with van der Waals surface area (Å²) in [6.45, 7) is 0. The van der Waals surface area contributed by atoms with Crippen LogP contribution in [0.4, 0.5) is 0 Å². The quantitative estimate of drug-likeness (QED) is 0.182. The Labute approximate surface area is 324 Å². The van der Waals surface area contributed by atoms with Crippen molar-refractivity contribution in [1.29, 1.82) is 5.26 Å². The highest BCUT2D eigenvalue weighted by atomic mass is 16.5. The van der Waals surface area contributed by atoms with Gasteiger partial charge in [0.25, 0.3) is 0 Å². The molecular formula is C52H31N3O. The first-order valence-corrected chi connectivity index (χ1v) is 18.8. The average molecular weight is 714 g/mol. The molecule has 2 aliphatic rings. The molecule has 0 saturated carbocycles. The van der Waals surface area contributed by atoms with Gasteiger partial charge in [0.05, 0.1) is 28.4 Å². The number of fused-ring (bicyclic) bond motifs is 10. The Kier molecular flexibility index (Phi) is 7.10. The number of nitrogens with zero attached hydrogens (tertiary/aromatic N) is 3. The van der Waals surface area contributed by atoms with Gasteiger partial charge in [-0.25, -0.2) is 9.97 Å². The number of rotatable bonds is 4. The second-order valence-electron chi connectivity index (χ2n) is 14.4. The van der Waals surface area contributed by atoms with Crippen LogP contribution in [0, 0.1) is 11.3 Å². The molecule has 0 fully saturated rings.